The van der Waals surface area contributed by atoms with E-state index in [0.717, 1.165) is 34.5 Å². The number of carbonyl (C=O) groups excluding carboxylic acids is 4. The molecular formula is C56H70ClFN8O7S. The predicted molar refractivity (Wildman–Crippen MR) is 283 cm³/mol. The third kappa shape index (κ3) is 11.9. The highest BCUT2D eigenvalue weighted by Crippen LogP contribution is 2.55. The maximum atomic E-state index is 15.5. The van der Waals surface area contributed by atoms with Crippen molar-refractivity contribution in [3.05, 3.63) is 99.4 Å². The number of aliphatic hydroxyl groups excluding tert-OH is 1. The number of aromatic nitrogens is 1. The maximum Gasteiger partial charge on any atom is 0.251 e. The molecule has 1 unspecified atom stereocenters. The highest BCUT2D eigenvalue weighted by atomic mass is 35.5. The molecule has 4 aliphatic rings. The van der Waals surface area contributed by atoms with Gasteiger partial charge in [-0.2, -0.15) is 5.26 Å². The van der Waals surface area contributed by atoms with E-state index in [0.29, 0.717) is 48.0 Å². The Balaban J connectivity index is 0.755. The van der Waals surface area contributed by atoms with Crippen LogP contribution in [-0.2, 0) is 19.1 Å². The number of aliphatic hydroxyl groups is 1. The zero-order chi connectivity index (χ0) is 53.4. The monoisotopic (exact) mass is 1050 g/mol. The van der Waals surface area contributed by atoms with Crippen LogP contribution in [0.25, 0.3) is 10.4 Å². The number of halogens is 2. The summed E-state index contributed by atoms with van der Waals surface area (Å²) in [5.74, 6) is -1.42. The first kappa shape index (κ1) is 54.6. The quantitative estimate of drug-likeness (QED) is 0.0726. The van der Waals surface area contributed by atoms with E-state index in [2.05, 4.69) is 31.2 Å². The molecule has 74 heavy (non-hydrogen) atoms. The van der Waals surface area contributed by atoms with Gasteiger partial charge in [-0.15, -0.1) is 11.3 Å². The Hall–Kier alpha value is -5.64. The normalized spacial score (nSPS) is 24.3. The van der Waals surface area contributed by atoms with Crippen LogP contribution >= 0.6 is 22.9 Å². The summed E-state index contributed by atoms with van der Waals surface area (Å²) < 4.78 is 28.3. The van der Waals surface area contributed by atoms with Crippen molar-refractivity contribution in [1.82, 2.24) is 30.7 Å². The Morgan fingerprint density at radius 3 is 2.27 bits per heavy atom. The summed E-state index contributed by atoms with van der Waals surface area (Å²) in [5, 5.41) is 32.7. The van der Waals surface area contributed by atoms with Crippen LogP contribution < -0.4 is 26.0 Å². The van der Waals surface area contributed by atoms with Crippen molar-refractivity contribution in [3.8, 4) is 22.3 Å². The van der Waals surface area contributed by atoms with Gasteiger partial charge in [-0.25, -0.2) is 9.37 Å². The molecule has 3 aromatic carbocycles. The molecule has 2 aliphatic heterocycles. The molecule has 3 heterocycles. The van der Waals surface area contributed by atoms with E-state index in [1.807, 2.05) is 98.2 Å². The highest BCUT2D eigenvalue weighted by molar-refractivity contribution is 7.13. The number of hydrogen-bond acceptors (Lipinski definition) is 12. The molecule has 4 fully saturated rings. The van der Waals surface area contributed by atoms with Gasteiger partial charge < -0.3 is 40.7 Å². The molecule has 8 rings (SSSR count). The van der Waals surface area contributed by atoms with E-state index >= 15 is 4.39 Å². The molecule has 18 heteroatoms. The van der Waals surface area contributed by atoms with E-state index in [1.54, 1.807) is 41.7 Å². The molecular weight excluding hydrogens is 983 g/mol. The van der Waals surface area contributed by atoms with Gasteiger partial charge in [0.2, 0.25) is 17.7 Å². The number of likely N-dealkylation sites (tertiary alicyclic amines) is 2. The number of nitrogens with one attached hydrogen (secondary N) is 4. The molecule has 15 nitrogen and oxygen atoms in total. The van der Waals surface area contributed by atoms with E-state index < -0.39 is 46.2 Å². The number of nitriles is 1. The minimum Gasteiger partial charge on any atom is -0.489 e. The van der Waals surface area contributed by atoms with Gasteiger partial charge in [0, 0.05) is 60.6 Å². The van der Waals surface area contributed by atoms with Gasteiger partial charge >= 0.3 is 0 Å². The number of nitrogens with zero attached hydrogens (tertiary/aromatic N) is 4. The highest BCUT2D eigenvalue weighted by Gasteiger charge is 2.64. The lowest BCUT2D eigenvalue weighted by molar-refractivity contribution is -0.164. The number of ether oxygens (including phenoxy) is 2. The standard InChI is InChI=1S/C56H70ClFN8O7S/c1-31(33-10-12-34(13-11-33)47-32(2)60-30-74-47)61-50(70)45-25-38(67)28-66(45)51(71)48(54(3,4)5)63-46(68)29-65-20-18-39(19-21-65)72-41-23-37(24-41)62-44-17-15-35(22-43(44)58)49(69)64-52-55(6,7)53(56(52,8)9)73-40-16-14-36(27-59)42(57)26-40/h10-17,22,26,30-31,37-39,41,45,48,52-53,62,67H,18-21,23-25,28-29H2,1-9H3,(H,61,70)(H,63,68)(H,64,69)/t31-,37?,38+,41?,45-,48?,52?,53?/m0/s1. The zero-order valence-electron chi connectivity index (χ0n) is 43.8. The molecule has 2 saturated carbocycles. The van der Waals surface area contributed by atoms with Crippen molar-refractivity contribution in [3.63, 3.8) is 0 Å². The van der Waals surface area contributed by atoms with Crippen molar-refractivity contribution in [2.75, 3.05) is 31.5 Å². The summed E-state index contributed by atoms with van der Waals surface area (Å²) in [6.45, 7) is 18.9. The lowest BCUT2D eigenvalue weighted by Crippen LogP contribution is -2.74. The van der Waals surface area contributed by atoms with Crippen LogP contribution in [0.2, 0.25) is 5.02 Å². The predicted octanol–water partition coefficient (Wildman–Crippen LogP) is 8.19. The molecule has 0 radical (unpaired) electrons. The number of rotatable bonds is 16. The SMILES string of the molecule is Cc1ncsc1-c1ccc([C@H](C)NC(=O)[C@@H]2C[C@@H](O)CN2C(=O)C(NC(=O)CN2CCC(OC3CC(Nc4ccc(C(=O)NC5C(C)(C)C(Oc6ccc(C#N)c(Cl)c6)C5(C)C)cc4F)C3)CC2)C(C)(C)C)cc1. The average Bonchev–Trinajstić information content (AvgIpc) is 3.96. The molecule has 396 valence electrons. The summed E-state index contributed by atoms with van der Waals surface area (Å²) in [6.07, 6.45) is 1.84. The Kier molecular flexibility index (Phi) is 16.2. The molecule has 4 aromatic rings. The van der Waals surface area contributed by atoms with E-state index in [9.17, 15) is 29.5 Å². The molecule has 2 saturated heterocycles. The van der Waals surface area contributed by atoms with Crippen LogP contribution in [0.4, 0.5) is 10.1 Å². The van der Waals surface area contributed by atoms with Crippen molar-refractivity contribution < 1.29 is 38.1 Å². The van der Waals surface area contributed by atoms with Crippen molar-refractivity contribution in [2.24, 2.45) is 16.2 Å². The zero-order valence-corrected chi connectivity index (χ0v) is 45.3. The summed E-state index contributed by atoms with van der Waals surface area (Å²) >= 11 is 7.82. The summed E-state index contributed by atoms with van der Waals surface area (Å²) in [4.78, 5) is 64.0. The van der Waals surface area contributed by atoms with Gasteiger partial charge in [0.15, 0.2) is 0 Å². The number of carbonyl (C=O) groups is 4. The number of thiazole rings is 1. The molecule has 0 bridgehead atoms. The first-order valence-corrected chi connectivity index (χ1v) is 26.9. The fourth-order valence-corrected chi connectivity index (χ4v) is 12.5. The van der Waals surface area contributed by atoms with Crippen LogP contribution in [0.5, 0.6) is 5.75 Å². The molecule has 5 N–H and O–H groups in total. The van der Waals surface area contributed by atoms with E-state index in [4.69, 9.17) is 21.1 Å². The Morgan fingerprint density at radius 2 is 1.66 bits per heavy atom. The maximum absolute atomic E-state index is 15.5. The molecule has 2 aliphatic carbocycles. The van der Waals surface area contributed by atoms with Crippen LogP contribution in [0, 0.1) is 40.3 Å². The summed E-state index contributed by atoms with van der Waals surface area (Å²) in [7, 11) is 0. The minimum absolute atomic E-state index is 0.00954. The van der Waals surface area contributed by atoms with Crippen LogP contribution in [0.15, 0.2) is 66.2 Å². The van der Waals surface area contributed by atoms with E-state index in [-0.39, 0.29) is 79.2 Å². The second-order valence-electron chi connectivity index (χ2n) is 22.9. The van der Waals surface area contributed by atoms with Gasteiger partial charge in [0.05, 0.1) is 63.3 Å². The number of hydrogen-bond donors (Lipinski definition) is 5. The summed E-state index contributed by atoms with van der Waals surface area (Å²) in [5.41, 5.74) is 3.99. The second kappa shape index (κ2) is 21.9. The van der Waals surface area contributed by atoms with Gasteiger partial charge in [0.25, 0.3) is 5.91 Å². The lowest BCUT2D eigenvalue weighted by atomic mass is 9.49. The van der Waals surface area contributed by atoms with Crippen molar-refractivity contribution in [1.29, 1.82) is 5.26 Å². The number of aryl methyl sites for hydroxylation is 1. The number of anilines is 1. The third-order valence-electron chi connectivity index (χ3n) is 15.5. The van der Waals surface area contributed by atoms with Crippen LogP contribution in [0.3, 0.4) is 0 Å². The van der Waals surface area contributed by atoms with Crippen molar-refractivity contribution >= 4 is 52.3 Å². The molecule has 0 spiro atoms. The largest absolute Gasteiger partial charge is 0.489 e. The smallest absolute Gasteiger partial charge is 0.251 e. The number of β-amino-alcohol motifs (C(OH)–C–C–N with tert-alkyl or cyclic N) is 1. The van der Waals surface area contributed by atoms with Gasteiger partial charge in [-0.1, -0.05) is 84.3 Å². The van der Waals surface area contributed by atoms with Crippen molar-refractivity contribution in [2.45, 2.75) is 149 Å². The number of amides is 4. The Morgan fingerprint density at radius 1 is 0.973 bits per heavy atom. The first-order chi connectivity index (χ1) is 34.9. The number of piperidine rings is 1. The third-order valence-corrected chi connectivity index (χ3v) is 16.8. The fraction of sp³-hybridized carbons (Fsp3) is 0.536. The number of benzene rings is 3. The Labute approximate surface area is 442 Å². The fourth-order valence-electron chi connectivity index (χ4n) is 11.5. The lowest BCUT2D eigenvalue weighted by Gasteiger charge is -2.63. The van der Waals surface area contributed by atoms with E-state index in [1.165, 1.54) is 11.0 Å². The molecule has 1 aromatic heterocycles. The van der Waals surface area contributed by atoms with Gasteiger partial charge in [-0.3, -0.25) is 24.1 Å². The minimum atomic E-state index is -0.931. The molecule has 4 amide bonds. The topological polar surface area (TPSA) is 198 Å². The first-order valence-electron chi connectivity index (χ1n) is 25.6. The van der Waals surface area contributed by atoms with Gasteiger partial charge in [-0.05, 0) is 86.4 Å². The Bertz CT molecular complexity index is 2750. The molecule has 4 atom stereocenters. The van der Waals surface area contributed by atoms with Gasteiger partial charge in [0.1, 0.15) is 35.8 Å². The van der Waals surface area contributed by atoms with Crippen LogP contribution in [0.1, 0.15) is 121 Å². The average molecular weight is 1050 g/mol. The second-order valence-corrected chi connectivity index (χ2v) is 24.2. The summed E-state index contributed by atoms with van der Waals surface area (Å²) in [6, 6.07) is 17.0. The van der Waals surface area contributed by atoms with Crippen LogP contribution in [-0.4, -0.2) is 118 Å².